The molecule has 7 atom stereocenters. The van der Waals surface area contributed by atoms with E-state index in [-0.39, 0.29) is 48.7 Å². The molecule has 57 heavy (non-hydrogen) atoms. The van der Waals surface area contributed by atoms with Crippen molar-refractivity contribution in [3.05, 3.63) is 12.7 Å². The number of ketones is 1. The quantitative estimate of drug-likeness (QED) is 0.0331. The number of phosphoric acid groups is 3. The van der Waals surface area contributed by atoms with Crippen LogP contribution >= 0.6 is 35.2 Å². The van der Waals surface area contributed by atoms with Crippen molar-refractivity contribution in [3.63, 3.8) is 0 Å². The van der Waals surface area contributed by atoms with Gasteiger partial charge in [0, 0.05) is 43.5 Å². The van der Waals surface area contributed by atoms with E-state index in [1.165, 1.54) is 13.8 Å². The van der Waals surface area contributed by atoms with Crippen molar-refractivity contribution >= 4 is 80.9 Å². The number of hydrogen-bond acceptors (Lipinski definition) is 20. The molecule has 11 N–H and O–H groups in total. The zero-order chi connectivity index (χ0) is 42.9. The molecule has 0 saturated carbocycles. The predicted molar refractivity (Wildman–Crippen MR) is 189 cm³/mol. The summed E-state index contributed by atoms with van der Waals surface area (Å²) in [7, 11) is -16.5. The van der Waals surface area contributed by atoms with Crippen LogP contribution in [0.1, 0.15) is 39.3 Å². The Morgan fingerprint density at radius 2 is 1.67 bits per heavy atom. The number of imidazole rings is 1. The maximum absolute atomic E-state index is 12.7. The van der Waals surface area contributed by atoms with Crippen molar-refractivity contribution in [2.45, 2.75) is 63.8 Å². The second kappa shape index (κ2) is 20.1. The number of nitrogen functional groups attached to an aromatic ring is 1. The van der Waals surface area contributed by atoms with Gasteiger partial charge < -0.3 is 56.0 Å². The lowest BCUT2D eigenvalue weighted by atomic mass is 9.87. The molecule has 3 rings (SSSR count). The number of nitrogens with one attached hydrogen (secondary N) is 2. The van der Waals surface area contributed by atoms with Crippen LogP contribution in [0.4, 0.5) is 5.82 Å². The monoisotopic (exact) mass is 895 g/mol. The van der Waals surface area contributed by atoms with Crippen LogP contribution in [0.25, 0.3) is 11.2 Å². The van der Waals surface area contributed by atoms with E-state index in [1.54, 1.807) is 0 Å². The number of fused-ring (bicyclic) bond motifs is 1. The summed E-state index contributed by atoms with van der Waals surface area (Å²) < 4.78 is 61.9. The third kappa shape index (κ3) is 14.8. The number of amides is 2. The van der Waals surface area contributed by atoms with Gasteiger partial charge in [0.25, 0.3) is 0 Å². The molecule has 2 aromatic heterocycles. The third-order valence-corrected chi connectivity index (χ3v) is 11.6. The first-order valence-corrected chi connectivity index (χ1v) is 21.6. The number of ether oxygens (including phenoxy) is 1. The Morgan fingerprint density at radius 3 is 2.32 bits per heavy atom. The molecule has 27 nitrogen and oxygen atoms in total. The molecule has 0 aliphatic carbocycles. The largest absolute Gasteiger partial charge is 0.481 e. The number of carbonyl (C=O) groups is 5. The number of aliphatic hydroxyl groups excluding tert-OH is 2. The van der Waals surface area contributed by atoms with E-state index >= 15 is 0 Å². The van der Waals surface area contributed by atoms with Crippen LogP contribution in [0, 0.1) is 5.41 Å². The molecule has 2 aromatic rings. The second-order valence-corrected chi connectivity index (χ2v) is 17.9. The average molecular weight is 896 g/mol. The Labute approximate surface area is 325 Å². The molecule has 0 spiro atoms. The van der Waals surface area contributed by atoms with Crippen LogP contribution in [0.15, 0.2) is 12.7 Å². The summed E-state index contributed by atoms with van der Waals surface area (Å²) >= 11 is 0.779. The second-order valence-electron chi connectivity index (χ2n) is 12.5. The van der Waals surface area contributed by atoms with Crippen LogP contribution in [0.3, 0.4) is 0 Å². The van der Waals surface area contributed by atoms with Crippen molar-refractivity contribution in [2.24, 2.45) is 5.41 Å². The van der Waals surface area contributed by atoms with E-state index in [1.807, 2.05) is 0 Å². The Balaban J connectivity index is 1.47. The number of rotatable bonds is 23. The maximum Gasteiger partial charge on any atom is 0.481 e. The SMILES string of the molecule is CC(C)(COP(=O)(O)OP(=O)(O)OCC1OC(n2cnc3c(N)ncnc32)C(O)C1OP(=O)(O)O)C(O)C(=O)NCCC(=O)NCCSC(=O)CCC(=O)C(=O)O. The number of aliphatic carboxylic acids is 1. The van der Waals surface area contributed by atoms with Gasteiger partial charge in [-0.1, -0.05) is 25.6 Å². The van der Waals surface area contributed by atoms with Crippen molar-refractivity contribution in [1.29, 1.82) is 0 Å². The van der Waals surface area contributed by atoms with E-state index < -0.39 is 108 Å². The molecule has 320 valence electrons. The smallest absolute Gasteiger partial charge is 0.476 e. The Morgan fingerprint density at radius 1 is 1.00 bits per heavy atom. The van der Waals surface area contributed by atoms with Gasteiger partial charge in [-0.05, 0) is 0 Å². The van der Waals surface area contributed by atoms with Crippen LogP contribution in [0.5, 0.6) is 0 Å². The lowest BCUT2D eigenvalue weighted by Gasteiger charge is -2.30. The zero-order valence-corrected chi connectivity index (χ0v) is 33.3. The van der Waals surface area contributed by atoms with Crippen molar-refractivity contribution < 1.29 is 95.2 Å². The molecular formula is C26H40N7O20P3S. The zero-order valence-electron chi connectivity index (χ0n) is 29.8. The summed E-state index contributed by atoms with van der Waals surface area (Å²) in [5.41, 5.74) is 4.17. The molecule has 0 bridgehead atoms. The number of aliphatic hydroxyl groups is 2. The summed E-state index contributed by atoms with van der Waals surface area (Å²) in [6.07, 6.45) is -7.92. The van der Waals surface area contributed by atoms with E-state index in [4.69, 9.17) is 24.6 Å². The minimum atomic E-state index is -5.60. The van der Waals surface area contributed by atoms with E-state index in [9.17, 15) is 67.5 Å². The number of aromatic nitrogens is 4. The summed E-state index contributed by atoms with van der Waals surface area (Å²) in [6.45, 7) is 0.0775. The summed E-state index contributed by atoms with van der Waals surface area (Å²) in [5.74, 6) is -4.28. The number of phosphoric ester groups is 3. The van der Waals surface area contributed by atoms with Gasteiger partial charge in [0.15, 0.2) is 22.8 Å². The number of hydrogen-bond donors (Lipinski definition) is 10. The fraction of sp³-hybridized carbons (Fsp3) is 0.615. The molecule has 3 heterocycles. The molecule has 2 amide bonds. The number of carboxylic acid groups (broad SMARTS) is 1. The molecule has 1 aliphatic rings. The highest BCUT2D eigenvalue weighted by Crippen LogP contribution is 2.61. The highest BCUT2D eigenvalue weighted by Gasteiger charge is 2.50. The number of nitrogens with two attached hydrogens (primary N) is 1. The van der Waals surface area contributed by atoms with Crippen LogP contribution in [0.2, 0.25) is 0 Å². The standard InChI is InChI=1S/C26H40N7O20P3S/c1-26(2,20(38)23(39)29-6-5-15(35)28-7-8-57-16(36)4-3-13(34)25(40)41)10-50-56(47,48)53-55(45,46)49-9-14-19(52-54(42,43)44)18(37)24(51-14)33-12-32-17-21(27)30-11-31-22(17)33/h11-12,14,18-20,24,37-38H,3-10H2,1-2H3,(H,28,35)(H,29,39)(H,40,41)(H,45,46)(H,47,48)(H2,27,30,31)(H2,42,43,44). The minimum Gasteiger partial charge on any atom is -0.476 e. The van der Waals surface area contributed by atoms with Gasteiger partial charge in [-0.15, -0.1) is 0 Å². The maximum atomic E-state index is 12.7. The van der Waals surface area contributed by atoms with Crippen LogP contribution in [-0.2, 0) is 60.3 Å². The minimum absolute atomic E-state index is 0.0137. The Bertz CT molecular complexity index is 1950. The number of anilines is 1. The molecule has 1 fully saturated rings. The number of nitrogens with zero attached hydrogens (tertiary/aromatic N) is 4. The Hall–Kier alpha value is -3.30. The number of Topliss-reactive ketones (excluding diaryl/α,β-unsaturated/α-hetero) is 1. The molecule has 1 saturated heterocycles. The number of thioether (sulfide) groups is 1. The molecule has 0 aromatic carbocycles. The fourth-order valence-electron chi connectivity index (χ4n) is 4.69. The number of carboxylic acids is 1. The topological polar surface area (TPSA) is 418 Å². The van der Waals surface area contributed by atoms with Crippen LogP contribution in [-0.4, -0.2) is 140 Å². The van der Waals surface area contributed by atoms with E-state index in [0.29, 0.717) is 0 Å². The number of carbonyl (C=O) groups excluding carboxylic acids is 4. The predicted octanol–water partition coefficient (Wildman–Crippen LogP) is -1.90. The van der Waals surface area contributed by atoms with Gasteiger partial charge in [-0.3, -0.25) is 37.3 Å². The van der Waals surface area contributed by atoms with E-state index in [2.05, 4.69) is 34.4 Å². The lowest BCUT2D eigenvalue weighted by molar-refractivity contribution is -0.149. The third-order valence-electron chi connectivity index (χ3n) is 7.56. The summed E-state index contributed by atoms with van der Waals surface area (Å²) in [6, 6.07) is 0. The van der Waals surface area contributed by atoms with Crippen LogP contribution < -0.4 is 16.4 Å². The van der Waals surface area contributed by atoms with Gasteiger partial charge >= 0.3 is 29.4 Å². The molecule has 7 unspecified atom stereocenters. The molecule has 1 aliphatic heterocycles. The van der Waals surface area contributed by atoms with Gasteiger partial charge in [0.05, 0.1) is 19.5 Å². The highest BCUT2D eigenvalue weighted by atomic mass is 32.2. The molecular weight excluding hydrogens is 855 g/mol. The molecule has 0 radical (unpaired) electrons. The Kier molecular flexibility index (Phi) is 17.0. The van der Waals surface area contributed by atoms with Crippen molar-refractivity contribution in [1.82, 2.24) is 30.2 Å². The fourth-order valence-corrected chi connectivity index (χ4v) is 8.20. The first-order chi connectivity index (χ1) is 26.3. The van der Waals surface area contributed by atoms with Gasteiger partial charge in [0.1, 0.15) is 36.3 Å². The van der Waals surface area contributed by atoms with Gasteiger partial charge in [-0.2, -0.15) is 4.31 Å². The first-order valence-electron chi connectivity index (χ1n) is 16.1. The summed E-state index contributed by atoms with van der Waals surface area (Å²) in [5, 5.41) is 34.2. The lowest BCUT2D eigenvalue weighted by Crippen LogP contribution is -2.46. The average Bonchev–Trinajstić information content (AvgIpc) is 3.66. The first kappa shape index (κ1) is 48.1. The van der Waals surface area contributed by atoms with E-state index in [0.717, 1.165) is 29.0 Å². The highest BCUT2D eigenvalue weighted by molar-refractivity contribution is 8.13. The van der Waals surface area contributed by atoms with Gasteiger partial charge in [-0.25, -0.2) is 33.4 Å². The molecule has 31 heteroatoms. The van der Waals surface area contributed by atoms with Crippen molar-refractivity contribution in [2.75, 3.05) is 37.8 Å². The summed E-state index contributed by atoms with van der Waals surface area (Å²) in [4.78, 5) is 109. The van der Waals surface area contributed by atoms with Gasteiger partial charge in [0.2, 0.25) is 17.6 Å². The van der Waals surface area contributed by atoms with Crippen molar-refractivity contribution in [3.8, 4) is 0 Å². The normalized spacial score (nSPS) is 21.3.